The van der Waals surface area contributed by atoms with Crippen molar-refractivity contribution in [1.82, 2.24) is 10.3 Å². The third-order valence-electron chi connectivity index (χ3n) is 5.85. The van der Waals surface area contributed by atoms with Crippen molar-refractivity contribution >= 4 is 63.2 Å². The number of rotatable bonds is 7. The Labute approximate surface area is 222 Å². The summed E-state index contributed by atoms with van der Waals surface area (Å²) < 4.78 is 12.8. The normalized spacial score (nSPS) is 17.3. The summed E-state index contributed by atoms with van der Waals surface area (Å²) in [5.74, 6) is -0.0706. The number of carbonyl (C=O) groups excluding carboxylic acids is 1. The zero-order valence-corrected chi connectivity index (χ0v) is 23.1. The predicted molar refractivity (Wildman–Crippen MR) is 152 cm³/mol. The lowest BCUT2D eigenvalue weighted by Crippen LogP contribution is -2.47. The van der Waals surface area contributed by atoms with Gasteiger partial charge in [-0.3, -0.25) is 9.00 Å². The molecule has 2 heterocycles. The molecule has 9 heteroatoms. The van der Waals surface area contributed by atoms with Crippen LogP contribution in [-0.2, 0) is 10.8 Å². The van der Waals surface area contributed by atoms with Gasteiger partial charge in [0.1, 0.15) is 9.88 Å². The molecule has 2 unspecified atom stereocenters. The van der Waals surface area contributed by atoms with Crippen LogP contribution in [-0.4, -0.2) is 46.7 Å². The molecule has 0 bridgehead atoms. The number of carbonyl (C=O) groups is 1. The highest BCUT2D eigenvalue weighted by atomic mass is 35.5. The molecule has 1 N–H and O–H groups in total. The van der Waals surface area contributed by atoms with Crippen LogP contribution in [0.15, 0.2) is 52.8 Å². The molecule has 2 atom stereocenters. The van der Waals surface area contributed by atoms with Crippen molar-refractivity contribution in [2.45, 2.75) is 25.8 Å². The summed E-state index contributed by atoms with van der Waals surface area (Å²) in [6.45, 7) is 3.56. The SMILES string of the molecule is CSC(=Cc1cccc(N2CCCC(NC(=O)c3sc(-c4ccc(Cl)cc4)nc3C)C2)c1)S(C)=O. The number of thiazole rings is 1. The molecule has 0 spiro atoms. The molecule has 4 rings (SSSR count). The van der Waals surface area contributed by atoms with Crippen molar-refractivity contribution < 1.29 is 9.00 Å². The second kappa shape index (κ2) is 11.7. The van der Waals surface area contributed by atoms with Gasteiger partial charge in [-0.2, -0.15) is 0 Å². The van der Waals surface area contributed by atoms with Crippen LogP contribution in [0.4, 0.5) is 5.69 Å². The van der Waals surface area contributed by atoms with E-state index in [4.69, 9.17) is 11.6 Å². The second-order valence-electron chi connectivity index (χ2n) is 8.42. The number of nitrogens with zero attached hydrogens (tertiary/aromatic N) is 2. The number of aryl methyl sites for hydroxylation is 1. The molecular formula is C26H28ClN3O2S3. The van der Waals surface area contributed by atoms with Gasteiger partial charge in [-0.25, -0.2) is 4.98 Å². The minimum absolute atomic E-state index is 0.0563. The minimum Gasteiger partial charge on any atom is -0.369 e. The molecule has 3 aromatic rings. The van der Waals surface area contributed by atoms with Crippen LogP contribution in [0.2, 0.25) is 5.02 Å². The van der Waals surface area contributed by atoms with E-state index in [1.54, 1.807) is 6.26 Å². The number of anilines is 1. The number of thioether (sulfide) groups is 1. The Morgan fingerprint density at radius 2 is 2.06 bits per heavy atom. The van der Waals surface area contributed by atoms with E-state index in [1.807, 2.05) is 55.7 Å². The standard InChI is InChI=1S/C26H28ClN3O2S3/c1-17-24(34-26(28-17)19-9-11-20(27)12-10-19)25(31)29-21-7-5-13-30(16-21)22-8-4-6-18(14-22)15-23(33-2)35(3)32/h4,6,8-12,14-15,21H,5,7,13,16H2,1-3H3,(H,29,31). The van der Waals surface area contributed by atoms with Gasteiger partial charge in [-0.05, 0) is 61.9 Å². The van der Waals surface area contributed by atoms with E-state index < -0.39 is 10.8 Å². The first-order valence-electron chi connectivity index (χ1n) is 11.3. The third kappa shape index (κ3) is 6.55. The molecule has 1 aliphatic rings. The Morgan fingerprint density at radius 3 is 2.77 bits per heavy atom. The summed E-state index contributed by atoms with van der Waals surface area (Å²) in [6, 6.07) is 15.8. The highest BCUT2D eigenvalue weighted by molar-refractivity contribution is 8.16. The molecule has 1 aromatic heterocycles. The first kappa shape index (κ1) is 25.9. The number of hydrogen-bond acceptors (Lipinski definition) is 6. The van der Waals surface area contributed by atoms with Crippen LogP contribution >= 0.6 is 34.7 Å². The Bertz CT molecular complexity index is 1260. The van der Waals surface area contributed by atoms with E-state index in [0.29, 0.717) is 9.90 Å². The maximum Gasteiger partial charge on any atom is 0.263 e. The van der Waals surface area contributed by atoms with E-state index >= 15 is 0 Å². The number of piperidine rings is 1. The molecule has 2 aromatic carbocycles. The highest BCUT2D eigenvalue weighted by Gasteiger charge is 2.24. The van der Waals surface area contributed by atoms with E-state index in [2.05, 4.69) is 27.3 Å². The van der Waals surface area contributed by atoms with Gasteiger partial charge in [0.25, 0.3) is 5.91 Å². The molecule has 5 nitrogen and oxygen atoms in total. The second-order valence-corrected chi connectivity index (χ2v) is 12.3. The lowest BCUT2D eigenvalue weighted by atomic mass is 10.0. The molecule has 1 fully saturated rings. The Kier molecular flexibility index (Phi) is 8.70. The van der Waals surface area contributed by atoms with Gasteiger partial charge in [-0.15, -0.1) is 23.1 Å². The number of amides is 1. The van der Waals surface area contributed by atoms with Crippen LogP contribution in [0.5, 0.6) is 0 Å². The average molecular weight is 546 g/mol. The van der Waals surface area contributed by atoms with Crippen LogP contribution in [0, 0.1) is 6.92 Å². The zero-order valence-electron chi connectivity index (χ0n) is 19.9. The van der Waals surface area contributed by atoms with Crippen molar-refractivity contribution in [3.63, 3.8) is 0 Å². The number of aromatic nitrogens is 1. The molecule has 0 radical (unpaired) electrons. The fraction of sp³-hybridized carbons (Fsp3) is 0.308. The van der Waals surface area contributed by atoms with Crippen molar-refractivity contribution in [2.75, 3.05) is 30.5 Å². The lowest BCUT2D eigenvalue weighted by molar-refractivity contribution is 0.0936. The van der Waals surface area contributed by atoms with Gasteiger partial charge in [0.15, 0.2) is 0 Å². The monoisotopic (exact) mass is 545 g/mol. The summed E-state index contributed by atoms with van der Waals surface area (Å²) in [6.07, 6.45) is 7.57. The molecule has 1 saturated heterocycles. The van der Waals surface area contributed by atoms with Gasteiger partial charge >= 0.3 is 0 Å². The first-order valence-corrected chi connectivity index (χ1v) is 15.3. The van der Waals surface area contributed by atoms with E-state index in [0.717, 1.165) is 57.7 Å². The fourth-order valence-electron chi connectivity index (χ4n) is 4.11. The van der Waals surface area contributed by atoms with E-state index in [1.165, 1.54) is 23.1 Å². The summed E-state index contributed by atoms with van der Waals surface area (Å²) >= 11 is 8.92. The quantitative estimate of drug-likeness (QED) is 0.382. The maximum atomic E-state index is 13.1. The summed E-state index contributed by atoms with van der Waals surface area (Å²) in [7, 11) is -1.01. The average Bonchev–Trinajstić information content (AvgIpc) is 3.25. The summed E-state index contributed by atoms with van der Waals surface area (Å²) in [5, 5.41) is 4.72. The number of hydrogen-bond donors (Lipinski definition) is 1. The lowest BCUT2D eigenvalue weighted by Gasteiger charge is -2.35. The van der Waals surface area contributed by atoms with Gasteiger partial charge in [0, 0.05) is 41.7 Å². The van der Waals surface area contributed by atoms with Crippen LogP contribution in [0.25, 0.3) is 16.6 Å². The Morgan fingerprint density at radius 1 is 1.29 bits per heavy atom. The molecule has 1 amide bonds. The fourth-order valence-corrected chi connectivity index (χ4v) is 6.71. The van der Waals surface area contributed by atoms with Gasteiger partial charge in [-0.1, -0.05) is 35.9 Å². The Balaban J connectivity index is 1.45. The zero-order chi connectivity index (χ0) is 24.9. The molecule has 1 aliphatic heterocycles. The Hall–Kier alpha value is -2.13. The van der Waals surface area contributed by atoms with Gasteiger partial charge < -0.3 is 10.2 Å². The van der Waals surface area contributed by atoms with Crippen LogP contribution < -0.4 is 10.2 Å². The number of nitrogens with one attached hydrogen (secondary N) is 1. The van der Waals surface area contributed by atoms with E-state index in [9.17, 15) is 9.00 Å². The number of benzene rings is 2. The van der Waals surface area contributed by atoms with Crippen molar-refractivity contribution in [2.24, 2.45) is 0 Å². The van der Waals surface area contributed by atoms with Crippen LogP contribution in [0.3, 0.4) is 0 Å². The highest BCUT2D eigenvalue weighted by Crippen LogP contribution is 2.29. The maximum absolute atomic E-state index is 13.1. The smallest absolute Gasteiger partial charge is 0.263 e. The molecule has 184 valence electrons. The van der Waals surface area contributed by atoms with Crippen molar-refractivity contribution in [3.8, 4) is 10.6 Å². The van der Waals surface area contributed by atoms with Gasteiger partial charge in [0.05, 0.1) is 20.7 Å². The number of halogens is 1. The summed E-state index contributed by atoms with van der Waals surface area (Å²) in [4.78, 5) is 20.7. The molecule has 0 aliphatic carbocycles. The van der Waals surface area contributed by atoms with Gasteiger partial charge in [0.2, 0.25) is 0 Å². The topological polar surface area (TPSA) is 62.3 Å². The first-order chi connectivity index (χ1) is 16.8. The van der Waals surface area contributed by atoms with Crippen molar-refractivity contribution in [3.05, 3.63) is 73.9 Å². The van der Waals surface area contributed by atoms with Crippen molar-refractivity contribution in [1.29, 1.82) is 0 Å². The van der Waals surface area contributed by atoms with E-state index in [-0.39, 0.29) is 11.9 Å². The predicted octanol–water partition coefficient (Wildman–Crippen LogP) is 6.21. The molecular weight excluding hydrogens is 518 g/mol. The largest absolute Gasteiger partial charge is 0.369 e. The molecule has 35 heavy (non-hydrogen) atoms. The van der Waals surface area contributed by atoms with Crippen LogP contribution in [0.1, 0.15) is 33.8 Å². The minimum atomic E-state index is -1.01. The molecule has 0 saturated carbocycles. The third-order valence-corrected chi connectivity index (χ3v) is 9.72. The summed E-state index contributed by atoms with van der Waals surface area (Å²) in [5.41, 5.74) is 3.83.